The van der Waals surface area contributed by atoms with Crippen LogP contribution in [0.25, 0.3) is 10.9 Å². The second-order valence-corrected chi connectivity index (χ2v) is 11.2. The number of nitrogens with zero attached hydrogens (tertiary/aromatic N) is 3. The van der Waals surface area contributed by atoms with Crippen LogP contribution in [0.15, 0.2) is 51.9 Å². The zero-order valence-electron chi connectivity index (χ0n) is 19.0. The highest BCUT2D eigenvalue weighted by Crippen LogP contribution is 2.47. The van der Waals surface area contributed by atoms with E-state index in [-0.39, 0.29) is 23.9 Å². The van der Waals surface area contributed by atoms with Gasteiger partial charge in [-0.15, -0.1) is 0 Å². The molecule has 1 aliphatic heterocycles. The molecule has 174 valence electrons. The van der Waals surface area contributed by atoms with E-state index in [1.165, 1.54) is 10.7 Å². The van der Waals surface area contributed by atoms with Crippen LogP contribution in [0.5, 0.6) is 0 Å². The Balaban J connectivity index is 1.20. The molecule has 5 rings (SSSR count). The lowest BCUT2D eigenvalue weighted by molar-refractivity contribution is -0.132. The number of hydrogen-bond donors (Lipinski definition) is 0. The second kappa shape index (κ2) is 8.57. The molecule has 2 unspecified atom stereocenters. The first-order valence-electron chi connectivity index (χ1n) is 11.5. The summed E-state index contributed by atoms with van der Waals surface area (Å²) >= 11 is 0. The van der Waals surface area contributed by atoms with Gasteiger partial charge < -0.3 is 9.32 Å². The molecule has 0 N–H and O–H groups in total. The maximum Gasteiger partial charge on any atom is 0.245 e. The van der Waals surface area contributed by atoms with Crippen molar-refractivity contribution in [2.45, 2.75) is 43.9 Å². The number of carbonyl (C=O) groups is 1. The van der Waals surface area contributed by atoms with E-state index in [4.69, 9.17) is 4.42 Å². The van der Waals surface area contributed by atoms with Crippen molar-refractivity contribution in [1.82, 2.24) is 14.2 Å². The SMILES string of the molecule is Cc1cnc2c(S(=O)(=O)N3CCN(C(=O)CCc4ccc(C5CC5C)o4)CC3)cccc2c1. The summed E-state index contributed by atoms with van der Waals surface area (Å²) in [5.74, 6) is 3.13. The van der Waals surface area contributed by atoms with Crippen LogP contribution in [0, 0.1) is 12.8 Å². The number of aryl methyl sites for hydroxylation is 2. The fourth-order valence-corrected chi connectivity index (χ4v) is 6.19. The smallest absolute Gasteiger partial charge is 0.245 e. The van der Waals surface area contributed by atoms with Crippen LogP contribution in [0.3, 0.4) is 0 Å². The Kier molecular flexibility index (Phi) is 5.74. The number of pyridine rings is 1. The number of amides is 1. The van der Waals surface area contributed by atoms with Gasteiger partial charge in [0.25, 0.3) is 0 Å². The third-order valence-corrected chi connectivity index (χ3v) is 8.69. The number of para-hydroxylation sites is 1. The van der Waals surface area contributed by atoms with Gasteiger partial charge >= 0.3 is 0 Å². The number of benzene rings is 1. The van der Waals surface area contributed by atoms with Gasteiger partial charge in [0.15, 0.2) is 0 Å². The van der Waals surface area contributed by atoms with Crippen molar-refractivity contribution in [3.05, 3.63) is 59.7 Å². The highest BCUT2D eigenvalue weighted by molar-refractivity contribution is 7.89. The molecule has 33 heavy (non-hydrogen) atoms. The quantitative estimate of drug-likeness (QED) is 0.552. The van der Waals surface area contributed by atoms with Gasteiger partial charge in [-0.2, -0.15) is 4.31 Å². The van der Waals surface area contributed by atoms with Crippen LogP contribution in [0.2, 0.25) is 0 Å². The van der Waals surface area contributed by atoms with E-state index in [0.717, 1.165) is 22.5 Å². The molecule has 2 atom stereocenters. The van der Waals surface area contributed by atoms with Gasteiger partial charge in [-0.25, -0.2) is 8.42 Å². The van der Waals surface area contributed by atoms with Gasteiger partial charge in [0, 0.05) is 56.5 Å². The predicted molar refractivity (Wildman–Crippen MR) is 125 cm³/mol. The van der Waals surface area contributed by atoms with Crippen molar-refractivity contribution in [2.75, 3.05) is 26.2 Å². The van der Waals surface area contributed by atoms with Gasteiger partial charge in [-0.05, 0) is 49.1 Å². The number of fused-ring (bicyclic) bond motifs is 1. The van der Waals surface area contributed by atoms with E-state index in [1.807, 2.05) is 31.2 Å². The fraction of sp³-hybridized carbons (Fsp3) is 0.440. The molecule has 1 saturated heterocycles. The van der Waals surface area contributed by atoms with Crippen LogP contribution in [0.1, 0.15) is 42.8 Å². The number of sulfonamides is 1. The number of carbonyl (C=O) groups excluding carboxylic acids is 1. The molecule has 1 saturated carbocycles. The molecule has 1 aromatic carbocycles. The van der Waals surface area contributed by atoms with Crippen molar-refractivity contribution in [1.29, 1.82) is 0 Å². The summed E-state index contributed by atoms with van der Waals surface area (Å²) < 4.78 is 34.0. The van der Waals surface area contributed by atoms with Crippen molar-refractivity contribution in [3.63, 3.8) is 0 Å². The van der Waals surface area contributed by atoms with Crippen molar-refractivity contribution in [3.8, 4) is 0 Å². The number of hydrogen-bond acceptors (Lipinski definition) is 5. The fourth-order valence-electron chi connectivity index (χ4n) is 4.60. The molecule has 8 heteroatoms. The Morgan fingerprint density at radius 2 is 1.91 bits per heavy atom. The molecular formula is C25H29N3O4S. The first-order valence-corrected chi connectivity index (χ1v) is 13.0. The van der Waals surface area contributed by atoms with Crippen molar-refractivity contribution < 1.29 is 17.6 Å². The van der Waals surface area contributed by atoms with E-state index >= 15 is 0 Å². The maximum atomic E-state index is 13.3. The molecule has 2 aromatic heterocycles. The number of rotatable bonds is 6. The summed E-state index contributed by atoms with van der Waals surface area (Å²) in [6.45, 7) is 5.48. The van der Waals surface area contributed by atoms with E-state index in [1.54, 1.807) is 23.2 Å². The van der Waals surface area contributed by atoms with Gasteiger partial charge in [0.05, 0.1) is 5.52 Å². The molecule has 3 aromatic rings. The zero-order valence-corrected chi connectivity index (χ0v) is 19.8. The Morgan fingerprint density at radius 1 is 1.15 bits per heavy atom. The average molecular weight is 468 g/mol. The van der Waals surface area contributed by atoms with Crippen LogP contribution >= 0.6 is 0 Å². The van der Waals surface area contributed by atoms with E-state index < -0.39 is 10.0 Å². The Labute approximate surface area is 194 Å². The van der Waals surface area contributed by atoms with Gasteiger partial charge in [-0.3, -0.25) is 9.78 Å². The summed E-state index contributed by atoms with van der Waals surface area (Å²) in [5.41, 5.74) is 1.47. The summed E-state index contributed by atoms with van der Waals surface area (Å²) in [5, 5.41) is 0.808. The topological polar surface area (TPSA) is 83.7 Å². The zero-order chi connectivity index (χ0) is 23.2. The molecule has 7 nitrogen and oxygen atoms in total. The number of piperazine rings is 1. The summed E-state index contributed by atoms with van der Waals surface area (Å²) in [7, 11) is -3.69. The molecular weight excluding hydrogens is 438 g/mol. The lowest BCUT2D eigenvalue weighted by Gasteiger charge is -2.34. The lowest BCUT2D eigenvalue weighted by Crippen LogP contribution is -2.50. The minimum absolute atomic E-state index is 0.0343. The summed E-state index contributed by atoms with van der Waals surface area (Å²) in [6, 6.07) is 11.2. The van der Waals surface area contributed by atoms with Crippen molar-refractivity contribution >= 4 is 26.8 Å². The molecule has 0 radical (unpaired) electrons. The first kappa shape index (κ1) is 22.1. The second-order valence-electron chi connectivity index (χ2n) is 9.25. The normalized spacial score (nSPS) is 21.5. The molecule has 3 heterocycles. The van der Waals surface area contributed by atoms with Crippen LogP contribution in [0.4, 0.5) is 0 Å². The Hall–Kier alpha value is -2.71. The average Bonchev–Trinajstić information content (AvgIpc) is 3.36. The third-order valence-electron chi connectivity index (χ3n) is 6.76. The number of aromatic nitrogens is 1. The molecule has 2 aliphatic rings. The minimum Gasteiger partial charge on any atom is -0.466 e. The molecule has 2 fully saturated rings. The minimum atomic E-state index is -3.69. The first-order chi connectivity index (χ1) is 15.8. The van der Waals surface area contributed by atoms with E-state index in [0.29, 0.717) is 43.3 Å². The number of furan rings is 1. The largest absolute Gasteiger partial charge is 0.466 e. The highest BCUT2D eigenvalue weighted by Gasteiger charge is 2.36. The third kappa shape index (κ3) is 4.42. The summed E-state index contributed by atoms with van der Waals surface area (Å²) in [4.78, 5) is 19.1. The maximum absolute atomic E-state index is 13.3. The standard InChI is InChI=1S/C25H29N3O4S/c1-17-14-19-4-3-5-23(25(19)26-16-17)33(30,31)28-12-10-27(11-13-28)24(29)9-7-20-6-8-22(32-20)21-15-18(21)2/h3-6,8,14,16,18,21H,7,9-13,15H2,1-2H3. The lowest BCUT2D eigenvalue weighted by atomic mass is 10.2. The molecule has 0 bridgehead atoms. The van der Waals surface area contributed by atoms with E-state index in [2.05, 4.69) is 11.9 Å². The molecule has 1 aliphatic carbocycles. The van der Waals surface area contributed by atoms with Crippen LogP contribution in [-0.4, -0.2) is 54.7 Å². The van der Waals surface area contributed by atoms with Gasteiger partial charge in [0.1, 0.15) is 16.4 Å². The van der Waals surface area contributed by atoms with Crippen LogP contribution < -0.4 is 0 Å². The van der Waals surface area contributed by atoms with Gasteiger partial charge in [0.2, 0.25) is 15.9 Å². The van der Waals surface area contributed by atoms with Gasteiger partial charge in [-0.1, -0.05) is 19.1 Å². The van der Waals surface area contributed by atoms with E-state index in [9.17, 15) is 13.2 Å². The van der Waals surface area contributed by atoms with Crippen LogP contribution in [-0.2, 0) is 21.2 Å². The van der Waals surface area contributed by atoms with Crippen molar-refractivity contribution in [2.24, 2.45) is 5.92 Å². The molecule has 0 spiro atoms. The highest BCUT2D eigenvalue weighted by atomic mass is 32.2. The monoisotopic (exact) mass is 467 g/mol. The predicted octanol–water partition coefficient (Wildman–Crippen LogP) is 3.73. The summed E-state index contributed by atoms with van der Waals surface area (Å²) in [6.07, 6.45) is 3.80. The molecule has 1 amide bonds. The Bertz CT molecular complexity index is 1290. The Morgan fingerprint density at radius 3 is 2.64 bits per heavy atom.